The predicted molar refractivity (Wildman–Crippen MR) is 88.0 cm³/mol. The van der Waals surface area contributed by atoms with Crippen molar-refractivity contribution in [3.05, 3.63) is 64.9 Å². The number of carbonyl (C=O) groups is 1. The highest BCUT2D eigenvalue weighted by Gasteiger charge is 2.27. The van der Waals surface area contributed by atoms with E-state index in [1.165, 1.54) is 0 Å². The molecule has 0 aliphatic carbocycles. The van der Waals surface area contributed by atoms with E-state index in [4.69, 9.17) is 11.6 Å². The predicted octanol–water partition coefficient (Wildman–Crippen LogP) is 3.88. The van der Waals surface area contributed by atoms with Crippen molar-refractivity contribution in [3.8, 4) is 0 Å². The number of hydrogen-bond donors (Lipinski definition) is 2. The molecule has 1 heterocycles. The summed E-state index contributed by atoms with van der Waals surface area (Å²) in [7, 11) is 0. The average molecular weight is 314 g/mol. The summed E-state index contributed by atoms with van der Waals surface area (Å²) in [4.78, 5) is 20.2. The summed E-state index contributed by atoms with van der Waals surface area (Å²) >= 11 is 5.84. The van der Waals surface area contributed by atoms with Crippen LogP contribution in [-0.2, 0) is 5.54 Å². The molecule has 2 N–H and O–H groups in total. The molecule has 2 aromatic carbocycles. The summed E-state index contributed by atoms with van der Waals surface area (Å²) in [5.74, 6) is 0.554. The maximum atomic E-state index is 12.4. The monoisotopic (exact) mass is 313 g/mol. The zero-order valence-corrected chi connectivity index (χ0v) is 13.1. The van der Waals surface area contributed by atoms with Gasteiger partial charge in [-0.15, -0.1) is 0 Å². The van der Waals surface area contributed by atoms with Crippen LogP contribution < -0.4 is 5.32 Å². The molecule has 1 amide bonds. The van der Waals surface area contributed by atoms with E-state index in [9.17, 15) is 4.79 Å². The molecule has 0 saturated carbocycles. The second-order valence-electron chi connectivity index (χ2n) is 5.69. The Morgan fingerprint density at radius 1 is 1.14 bits per heavy atom. The van der Waals surface area contributed by atoms with Crippen LogP contribution in [0.15, 0.2) is 48.5 Å². The summed E-state index contributed by atoms with van der Waals surface area (Å²) in [6.45, 7) is 3.83. The van der Waals surface area contributed by atoms with Gasteiger partial charge in [-0.25, -0.2) is 4.98 Å². The number of amides is 1. The fraction of sp³-hybridized carbons (Fsp3) is 0.176. The molecule has 1 aromatic heterocycles. The Labute approximate surface area is 133 Å². The molecule has 4 nitrogen and oxygen atoms in total. The summed E-state index contributed by atoms with van der Waals surface area (Å²) < 4.78 is 0. The van der Waals surface area contributed by atoms with Gasteiger partial charge < -0.3 is 10.3 Å². The first-order chi connectivity index (χ1) is 10.5. The fourth-order valence-corrected chi connectivity index (χ4v) is 2.39. The number of benzene rings is 2. The van der Waals surface area contributed by atoms with Crippen LogP contribution in [0.5, 0.6) is 0 Å². The number of nitrogens with one attached hydrogen (secondary N) is 2. The van der Waals surface area contributed by atoms with Gasteiger partial charge in [0.05, 0.1) is 16.6 Å². The molecule has 112 valence electrons. The molecule has 0 spiro atoms. The molecule has 0 radical (unpaired) electrons. The van der Waals surface area contributed by atoms with Crippen molar-refractivity contribution in [2.24, 2.45) is 0 Å². The molecule has 0 unspecified atom stereocenters. The zero-order chi connectivity index (χ0) is 15.7. The number of fused-ring (bicyclic) bond motifs is 1. The van der Waals surface area contributed by atoms with Gasteiger partial charge in [-0.1, -0.05) is 23.7 Å². The maximum Gasteiger partial charge on any atom is 0.252 e. The number of para-hydroxylation sites is 2. The van der Waals surface area contributed by atoms with Gasteiger partial charge in [0, 0.05) is 10.6 Å². The third-order valence-corrected chi connectivity index (χ3v) is 3.77. The SMILES string of the molecule is CC(C)(NC(=O)c1ccc(Cl)cc1)c1nc2ccccc2[nH]1. The fourth-order valence-electron chi connectivity index (χ4n) is 2.27. The number of rotatable bonds is 3. The molecular weight excluding hydrogens is 298 g/mol. The summed E-state index contributed by atoms with van der Waals surface area (Å²) in [6, 6.07) is 14.6. The first kappa shape index (κ1) is 14.6. The van der Waals surface area contributed by atoms with Crippen molar-refractivity contribution in [2.75, 3.05) is 0 Å². The van der Waals surface area contributed by atoms with Gasteiger partial charge in [-0.3, -0.25) is 4.79 Å². The number of nitrogens with zero attached hydrogens (tertiary/aromatic N) is 1. The van der Waals surface area contributed by atoms with Crippen LogP contribution in [0, 0.1) is 0 Å². The Balaban J connectivity index is 1.86. The minimum absolute atomic E-state index is 0.165. The van der Waals surface area contributed by atoms with Gasteiger partial charge in [-0.2, -0.15) is 0 Å². The van der Waals surface area contributed by atoms with Gasteiger partial charge in [0.15, 0.2) is 0 Å². The molecule has 3 aromatic rings. The topological polar surface area (TPSA) is 57.8 Å². The van der Waals surface area contributed by atoms with Gasteiger partial charge in [0.1, 0.15) is 5.82 Å². The van der Waals surface area contributed by atoms with E-state index >= 15 is 0 Å². The molecule has 0 bridgehead atoms. The Kier molecular flexibility index (Phi) is 3.62. The van der Waals surface area contributed by atoms with Crippen LogP contribution in [0.25, 0.3) is 11.0 Å². The number of carbonyl (C=O) groups excluding carboxylic acids is 1. The van der Waals surface area contributed by atoms with Crippen molar-refractivity contribution >= 4 is 28.5 Å². The van der Waals surface area contributed by atoms with E-state index in [1.807, 2.05) is 38.1 Å². The van der Waals surface area contributed by atoms with Crippen LogP contribution in [0.2, 0.25) is 5.02 Å². The lowest BCUT2D eigenvalue weighted by molar-refractivity contribution is 0.0909. The number of aromatic amines is 1. The highest BCUT2D eigenvalue weighted by atomic mass is 35.5. The van der Waals surface area contributed by atoms with E-state index in [0.717, 1.165) is 16.9 Å². The van der Waals surface area contributed by atoms with Crippen LogP contribution in [-0.4, -0.2) is 15.9 Å². The highest BCUT2D eigenvalue weighted by Crippen LogP contribution is 2.21. The maximum absolute atomic E-state index is 12.4. The summed E-state index contributed by atoms with van der Waals surface area (Å²) in [5.41, 5.74) is 1.78. The minimum Gasteiger partial charge on any atom is -0.340 e. The molecule has 22 heavy (non-hydrogen) atoms. The van der Waals surface area contributed by atoms with E-state index in [0.29, 0.717) is 10.6 Å². The third-order valence-electron chi connectivity index (χ3n) is 3.51. The van der Waals surface area contributed by atoms with E-state index < -0.39 is 5.54 Å². The molecule has 5 heteroatoms. The van der Waals surface area contributed by atoms with Crippen molar-refractivity contribution in [1.82, 2.24) is 15.3 Å². The number of imidazole rings is 1. The van der Waals surface area contributed by atoms with E-state index in [2.05, 4.69) is 15.3 Å². The molecule has 0 atom stereocenters. The molecular formula is C17H16ClN3O. The zero-order valence-electron chi connectivity index (χ0n) is 12.4. The normalized spacial score (nSPS) is 11.6. The lowest BCUT2D eigenvalue weighted by atomic mass is 10.0. The minimum atomic E-state index is -0.615. The van der Waals surface area contributed by atoms with Gasteiger partial charge in [0.2, 0.25) is 0 Å². The summed E-state index contributed by atoms with van der Waals surface area (Å²) in [5, 5.41) is 3.60. The molecule has 0 aliphatic heterocycles. The molecule has 3 rings (SSSR count). The number of aromatic nitrogens is 2. The molecule has 0 aliphatic rings. The first-order valence-corrected chi connectivity index (χ1v) is 7.37. The Bertz CT molecular complexity index is 788. The summed E-state index contributed by atoms with van der Waals surface area (Å²) in [6.07, 6.45) is 0. The van der Waals surface area contributed by atoms with Crippen molar-refractivity contribution < 1.29 is 4.79 Å². The third kappa shape index (κ3) is 2.83. The second-order valence-corrected chi connectivity index (χ2v) is 6.13. The van der Waals surface area contributed by atoms with Crippen molar-refractivity contribution in [3.63, 3.8) is 0 Å². The van der Waals surface area contributed by atoms with Gasteiger partial charge in [0.25, 0.3) is 5.91 Å². The second kappa shape index (κ2) is 5.46. The largest absolute Gasteiger partial charge is 0.340 e. The van der Waals surface area contributed by atoms with Crippen LogP contribution >= 0.6 is 11.6 Å². The lowest BCUT2D eigenvalue weighted by Crippen LogP contribution is -2.41. The van der Waals surface area contributed by atoms with Gasteiger partial charge in [-0.05, 0) is 50.2 Å². The van der Waals surface area contributed by atoms with Crippen molar-refractivity contribution in [2.45, 2.75) is 19.4 Å². The van der Waals surface area contributed by atoms with Gasteiger partial charge >= 0.3 is 0 Å². The molecule has 0 fully saturated rings. The highest BCUT2D eigenvalue weighted by molar-refractivity contribution is 6.30. The molecule has 0 saturated heterocycles. The number of halogens is 1. The number of hydrogen-bond acceptors (Lipinski definition) is 2. The Morgan fingerprint density at radius 2 is 1.82 bits per heavy atom. The van der Waals surface area contributed by atoms with Crippen LogP contribution in [0.4, 0.5) is 0 Å². The van der Waals surface area contributed by atoms with Crippen molar-refractivity contribution in [1.29, 1.82) is 0 Å². The van der Waals surface area contributed by atoms with Crippen LogP contribution in [0.3, 0.4) is 0 Å². The van der Waals surface area contributed by atoms with Crippen LogP contribution in [0.1, 0.15) is 30.0 Å². The van der Waals surface area contributed by atoms with E-state index in [-0.39, 0.29) is 5.91 Å². The number of H-pyrrole nitrogens is 1. The average Bonchev–Trinajstić information content (AvgIpc) is 2.92. The standard InChI is InChI=1S/C17H16ClN3O/c1-17(2,16-19-13-5-3-4-6-14(13)20-16)21-15(22)11-7-9-12(18)10-8-11/h3-10H,1-2H3,(H,19,20)(H,21,22). The lowest BCUT2D eigenvalue weighted by Gasteiger charge is -2.24. The Morgan fingerprint density at radius 3 is 2.50 bits per heavy atom. The smallest absolute Gasteiger partial charge is 0.252 e. The Hall–Kier alpha value is -2.33. The quantitative estimate of drug-likeness (QED) is 0.771. The van der Waals surface area contributed by atoms with E-state index in [1.54, 1.807) is 24.3 Å². The first-order valence-electron chi connectivity index (χ1n) is 6.99.